The van der Waals surface area contributed by atoms with Crippen molar-refractivity contribution >= 4 is 23.2 Å². The molecular formula is C17H20N2O3S. The number of aryl methyl sites for hydroxylation is 1. The minimum absolute atomic E-state index is 0.0385. The minimum atomic E-state index is -0.212. The molecule has 0 atom stereocenters. The molecule has 6 heteroatoms. The van der Waals surface area contributed by atoms with Crippen molar-refractivity contribution < 1.29 is 14.3 Å². The lowest BCUT2D eigenvalue weighted by Crippen LogP contribution is -2.36. The van der Waals surface area contributed by atoms with Crippen molar-refractivity contribution in [3.63, 3.8) is 0 Å². The van der Waals surface area contributed by atoms with E-state index in [1.54, 1.807) is 6.07 Å². The topological polar surface area (TPSA) is 67.4 Å². The third-order valence-corrected chi connectivity index (χ3v) is 4.26. The molecule has 2 rings (SSSR count). The van der Waals surface area contributed by atoms with E-state index in [9.17, 15) is 9.59 Å². The van der Waals surface area contributed by atoms with E-state index in [4.69, 9.17) is 4.74 Å². The standard InChI is InChI=1S/C17H20N2O3S/c1-12-5-3-6-14(13(12)2)22-11-16(20)18-8-9-19-17(21)15-7-4-10-23-15/h3-7,10H,8-9,11H2,1-2H3,(H,18,20)(H,19,21). The number of benzene rings is 1. The molecule has 0 fully saturated rings. The maximum Gasteiger partial charge on any atom is 0.261 e. The van der Waals surface area contributed by atoms with E-state index >= 15 is 0 Å². The highest BCUT2D eigenvalue weighted by Crippen LogP contribution is 2.20. The van der Waals surface area contributed by atoms with E-state index in [-0.39, 0.29) is 18.4 Å². The Hall–Kier alpha value is -2.34. The molecule has 0 aliphatic carbocycles. The number of thiophene rings is 1. The van der Waals surface area contributed by atoms with Crippen molar-refractivity contribution in [2.45, 2.75) is 13.8 Å². The summed E-state index contributed by atoms with van der Waals surface area (Å²) in [6, 6.07) is 9.33. The Morgan fingerprint density at radius 3 is 2.61 bits per heavy atom. The lowest BCUT2D eigenvalue weighted by Gasteiger charge is -2.11. The quantitative estimate of drug-likeness (QED) is 0.765. The van der Waals surface area contributed by atoms with E-state index in [1.165, 1.54) is 11.3 Å². The highest BCUT2D eigenvalue weighted by Gasteiger charge is 2.07. The van der Waals surface area contributed by atoms with Crippen molar-refractivity contribution in [3.05, 3.63) is 51.7 Å². The first-order valence-electron chi connectivity index (χ1n) is 7.35. The van der Waals surface area contributed by atoms with Crippen LogP contribution in [0.4, 0.5) is 0 Å². The summed E-state index contributed by atoms with van der Waals surface area (Å²) in [6.07, 6.45) is 0. The largest absolute Gasteiger partial charge is 0.483 e. The van der Waals surface area contributed by atoms with Gasteiger partial charge in [0.15, 0.2) is 6.61 Å². The summed E-state index contributed by atoms with van der Waals surface area (Å²) in [5, 5.41) is 7.31. The van der Waals surface area contributed by atoms with Crippen LogP contribution in [0, 0.1) is 13.8 Å². The monoisotopic (exact) mass is 332 g/mol. The molecule has 0 bridgehead atoms. The van der Waals surface area contributed by atoms with Gasteiger partial charge in [-0.2, -0.15) is 0 Å². The number of nitrogens with one attached hydrogen (secondary N) is 2. The van der Waals surface area contributed by atoms with E-state index in [0.717, 1.165) is 11.1 Å². The Morgan fingerprint density at radius 2 is 1.87 bits per heavy atom. The van der Waals surface area contributed by atoms with Gasteiger partial charge in [-0.15, -0.1) is 11.3 Å². The maximum atomic E-state index is 11.7. The number of ether oxygens (including phenoxy) is 1. The zero-order valence-corrected chi connectivity index (χ0v) is 14.0. The first kappa shape index (κ1) is 17.0. The van der Waals surface area contributed by atoms with Gasteiger partial charge in [-0.25, -0.2) is 0 Å². The van der Waals surface area contributed by atoms with Crippen LogP contribution in [0.25, 0.3) is 0 Å². The van der Waals surface area contributed by atoms with Crippen molar-refractivity contribution in [1.29, 1.82) is 0 Å². The van der Waals surface area contributed by atoms with E-state index < -0.39 is 0 Å². The molecule has 0 radical (unpaired) electrons. The van der Waals surface area contributed by atoms with Gasteiger partial charge >= 0.3 is 0 Å². The predicted molar refractivity (Wildman–Crippen MR) is 91.1 cm³/mol. The number of carbonyl (C=O) groups excluding carboxylic acids is 2. The van der Waals surface area contributed by atoms with Crippen molar-refractivity contribution in [2.75, 3.05) is 19.7 Å². The fraction of sp³-hybridized carbons (Fsp3) is 0.294. The van der Waals surface area contributed by atoms with Gasteiger partial charge in [0.05, 0.1) is 4.88 Å². The molecule has 0 aliphatic rings. The second kappa shape index (κ2) is 8.33. The summed E-state index contributed by atoms with van der Waals surface area (Å²) in [7, 11) is 0. The Labute approximate surface area is 139 Å². The fourth-order valence-corrected chi connectivity index (χ4v) is 2.59. The molecule has 1 heterocycles. The molecule has 122 valence electrons. The fourth-order valence-electron chi connectivity index (χ4n) is 1.95. The highest BCUT2D eigenvalue weighted by molar-refractivity contribution is 7.12. The molecular weight excluding hydrogens is 312 g/mol. The molecule has 23 heavy (non-hydrogen) atoms. The van der Waals surface area contributed by atoms with Crippen molar-refractivity contribution in [2.24, 2.45) is 0 Å². The summed E-state index contributed by atoms with van der Waals surface area (Å²) in [5.41, 5.74) is 2.16. The van der Waals surface area contributed by atoms with Gasteiger partial charge in [-0.1, -0.05) is 18.2 Å². The van der Waals surface area contributed by atoms with Crippen LogP contribution in [0.5, 0.6) is 5.75 Å². The third-order valence-electron chi connectivity index (χ3n) is 3.39. The van der Waals surface area contributed by atoms with E-state index in [1.807, 2.05) is 43.5 Å². The number of amides is 2. The van der Waals surface area contributed by atoms with E-state index in [0.29, 0.717) is 23.7 Å². The molecule has 0 saturated heterocycles. The summed E-state index contributed by atoms with van der Waals surface area (Å²) in [6.45, 7) is 4.67. The lowest BCUT2D eigenvalue weighted by molar-refractivity contribution is -0.123. The maximum absolute atomic E-state index is 11.7. The number of rotatable bonds is 7. The van der Waals surface area contributed by atoms with Crippen molar-refractivity contribution in [3.8, 4) is 5.75 Å². The van der Waals surface area contributed by atoms with Gasteiger partial charge in [-0.3, -0.25) is 9.59 Å². The lowest BCUT2D eigenvalue weighted by atomic mass is 10.1. The van der Waals surface area contributed by atoms with Gasteiger partial charge in [0, 0.05) is 13.1 Å². The average Bonchev–Trinajstić information content (AvgIpc) is 3.07. The molecule has 2 amide bonds. The first-order chi connectivity index (χ1) is 11.1. The predicted octanol–water partition coefficient (Wildman–Crippen LogP) is 2.29. The normalized spacial score (nSPS) is 10.2. The first-order valence-corrected chi connectivity index (χ1v) is 8.23. The zero-order chi connectivity index (χ0) is 16.7. The summed E-state index contributed by atoms with van der Waals surface area (Å²) < 4.78 is 5.52. The van der Waals surface area contributed by atoms with Gasteiger partial charge in [0.25, 0.3) is 11.8 Å². The van der Waals surface area contributed by atoms with E-state index in [2.05, 4.69) is 10.6 Å². The second-order valence-electron chi connectivity index (χ2n) is 5.07. The van der Waals surface area contributed by atoms with Crippen LogP contribution in [-0.4, -0.2) is 31.5 Å². The van der Waals surface area contributed by atoms with Gasteiger partial charge in [-0.05, 0) is 42.5 Å². The van der Waals surface area contributed by atoms with Crippen LogP contribution in [0.2, 0.25) is 0 Å². The molecule has 2 N–H and O–H groups in total. The number of carbonyl (C=O) groups is 2. The Kier molecular flexibility index (Phi) is 6.17. The van der Waals surface area contributed by atoms with Crippen LogP contribution < -0.4 is 15.4 Å². The summed E-state index contributed by atoms with van der Waals surface area (Å²) >= 11 is 1.38. The molecule has 0 saturated carbocycles. The van der Waals surface area contributed by atoms with Crippen LogP contribution in [0.1, 0.15) is 20.8 Å². The molecule has 0 spiro atoms. The average molecular weight is 332 g/mol. The van der Waals surface area contributed by atoms with Crippen molar-refractivity contribution in [1.82, 2.24) is 10.6 Å². The summed E-state index contributed by atoms with van der Waals surface area (Å²) in [5.74, 6) is 0.378. The minimum Gasteiger partial charge on any atom is -0.483 e. The van der Waals surface area contributed by atoms with Crippen LogP contribution in [0.3, 0.4) is 0 Å². The Bertz CT molecular complexity index is 668. The molecule has 0 unspecified atom stereocenters. The highest BCUT2D eigenvalue weighted by atomic mass is 32.1. The Balaban J connectivity index is 1.65. The SMILES string of the molecule is Cc1cccc(OCC(=O)NCCNC(=O)c2cccs2)c1C. The molecule has 1 aromatic carbocycles. The summed E-state index contributed by atoms with van der Waals surface area (Å²) in [4.78, 5) is 24.1. The van der Waals surface area contributed by atoms with Gasteiger partial charge in [0.1, 0.15) is 5.75 Å². The zero-order valence-electron chi connectivity index (χ0n) is 13.2. The molecule has 1 aromatic heterocycles. The second-order valence-corrected chi connectivity index (χ2v) is 6.02. The van der Waals surface area contributed by atoms with Gasteiger partial charge < -0.3 is 15.4 Å². The number of hydrogen-bond acceptors (Lipinski definition) is 4. The smallest absolute Gasteiger partial charge is 0.261 e. The molecule has 2 aromatic rings. The van der Waals surface area contributed by atoms with Gasteiger partial charge in [0.2, 0.25) is 0 Å². The number of hydrogen-bond donors (Lipinski definition) is 2. The van der Waals surface area contributed by atoms with Crippen LogP contribution >= 0.6 is 11.3 Å². The Morgan fingerprint density at radius 1 is 1.09 bits per heavy atom. The van der Waals surface area contributed by atoms with Crippen LogP contribution in [-0.2, 0) is 4.79 Å². The molecule has 5 nitrogen and oxygen atoms in total. The van der Waals surface area contributed by atoms with Crippen LogP contribution in [0.15, 0.2) is 35.7 Å². The molecule has 0 aliphatic heterocycles. The third kappa shape index (κ3) is 5.10.